The minimum absolute atomic E-state index is 0.215. The van der Waals surface area contributed by atoms with E-state index in [0.717, 1.165) is 75.7 Å². The molecule has 0 amide bonds. The summed E-state index contributed by atoms with van der Waals surface area (Å²) in [6, 6.07) is 14.5. The van der Waals surface area contributed by atoms with E-state index < -0.39 is 5.60 Å². The molecule has 0 radical (unpaired) electrons. The molecular weight excluding hydrogens is 778 g/mol. The highest BCUT2D eigenvalue weighted by Gasteiger charge is 2.56. The number of halogens is 3. The van der Waals surface area contributed by atoms with Crippen LogP contribution < -0.4 is 4.74 Å². The Morgan fingerprint density at radius 1 is 0.786 bits per heavy atom. The fourth-order valence-corrected chi connectivity index (χ4v) is 8.21. The van der Waals surface area contributed by atoms with Crippen LogP contribution in [-0.4, -0.2) is 59.2 Å². The standard InChI is InChI=1S/C34H49ClI2O5/c1-5-9-18-39-31-30(26-14-17-29(35)27(22-26)21-25-12-15-28(16-13-25)38-8-4)42-34(23-36,24-37)33(41-20-11-7-3)32(31)40-19-10-6-2/h12-17,22,30-33H,5-11,18-21,23-24H2,1-4H3/t30-,31-,32+,33-/m0/s1. The van der Waals surface area contributed by atoms with E-state index >= 15 is 0 Å². The summed E-state index contributed by atoms with van der Waals surface area (Å²) < 4.78 is 34.5. The highest BCUT2D eigenvalue weighted by atomic mass is 127. The molecule has 1 aliphatic rings. The third kappa shape index (κ3) is 9.91. The maximum absolute atomic E-state index is 7.16. The van der Waals surface area contributed by atoms with Gasteiger partial charge < -0.3 is 23.7 Å². The number of hydrogen-bond donors (Lipinski definition) is 0. The number of hydrogen-bond acceptors (Lipinski definition) is 5. The molecule has 1 aliphatic heterocycles. The average Bonchev–Trinajstić information content (AvgIpc) is 3.00. The quantitative estimate of drug-likeness (QED) is 0.0803. The molecule has 0 bridgehead atoms. The summed E-state index contributed by atoms with van der Waals surface area (Å²) in [5, 5.41) is 0.748. The lowest BCUT2D eigenvalue weighted by Crippen LogP contribution is -2.65. The van der Waals surface area contributed by atoms with Crippen molar-refractivity contribution >= 4 is 56.8 Å². The fraction of sp³-hybridized carbons (Fsp3) is 0.647. The molecule has 1 fully saturated rings. The van der Waals surface area contributed by atoms with Gasteiger partial charge in [0, 0.05) is 33.7 Å². The van der Waals surface area contributed by atoms with Crippen molar-refractivity contribution in [1.82, 2.24) is 0 Å². The van der Waals surface area contributed by atoms with Crippen molar-refractivity contribution in [3.05, 3.63) is 64.2 Å². The molecule has 0 unspecified atom stereocenters. The third-order valence-corrected chi connectivity index (χ3v) is 10.6. The van der Waals surface area contributed by atoms with Gasteiger partial charge in [-0.3, -0.25) is 0 Å². The van der Waals surface area contributed by atoms with Gasteiger partial charge in [0.1, 0.15) is 35.8 Å². The molecular formula is C34H49ClI2O5. The Balaban J connectivity index is 2.01. The van der Waals surface area contributed by atoms with Gasteiger partial charge in [-0.15, -0.1) is 0 Å². The Labute approximate surface area is 286 Å². The molecule has 2 aromatic rings. The molecule has 0 N–H and O–H groups in total. The Morgan fingerprint density at radius 3 is 1.95 bits per heavy atom. The summed E-state index contributed by atoms with van der Waals surface area (Å²) in [5.41, 5.74) is 2.80. The number of rotatable bonds is 19. The zero-order valence-electron chi connectivity index (χ0n) is 25.7. The second kappa shape index (κ2) is 19.4. The van der Waals surface area contributed by atoms with E-state index in [9.17, 15) is 0 Å². The number of unbranched alkanes of at least 4 members (excludes halogenated alkanes) is 3. The lowest BCUT2D eigenvalue weighted by atomic mass is 9.84. The van der Waals surface area contributed by atoms with E-state index in [2.05, 4.69) is 90.2 Å². The van der Waals surface area contributed by atoms with E-state index in [1.165, 1.54) is 5.56 Å². The number of ether oxygens (including phenoxy) is 5. The smallest absolute Gasteiger partial charge is 0.119 e. The van der Waals surface area contributed by atoms with Gasteiger partial charge in [-0.05, 0) is 67.5 Å². The first-order valence-corrected chi connectivity index (χ1v) is 19.0. The molecule has 0 aromatic heterocycles. The molecule has 5 nitrogen and oxygen atoms in total. The molecule has 4 atom stereocenters. The summed E-state index contributed by atoms with van der Waals surface area (Å²) in [5.74, 6) is 0.877. The van der Waals surface area contributed by atoms with E-state index in [0.29, 0.717) is 26.4 Å². The molecule has 2 aromatic carbocycles. The van der Waals surface area contributed by atoms with Crippen LogP contribution in [0.15, 0.2) is 42.5 Å². The monoisotopic (exact) mass is 826 g/mol. The van der Waals surface area contributed by atoms with E-state index in [4.69, 9.17) is 35.3 Å². The van der Waals surface area contributed by atoms with Crippen LogP contribution in [0.3, 0.4) is 0 Å². The SMILES string of the molecule is CCCCO[C@@H]1[C@@H](OCCCC)[C@H](OCCCC)C(CI)(CI)O[C@H]1c1ccc(Cl)c(Cc2ccc(OCC)cc2)c1. The minimum atomic E-state index is -0.504. The predicted molar refractivity (Wildman–Crippen MR) is 190 cm³/mol. The molecule has 42 heavy (non-hydrogen) atoms. The molecule has 3 rings (SSSR count). The predicted octanol–water partition coefficient (Wildman–Crippen LogP) is 9.57. The van der Waals surface area contributed by atoms with Crippen molar-refractivity contribution in [2.75, 3.05) is 35.3 Å². The van der Waals surface area contributed by atoms with Crippen molar-refractivity contribution < 1.29 is 23.7 Å². The van der Waals surface area contributed by atoms with Gasteiger partial charge in [0.2, 0.25) is 0 Å². The molecule has 0 saturated carbocycles. The first-order valence-electron chi connectivity index (χ1n) is 15.6. The van der Waals surface area contributed by atoms with Crippen LogP contribution in [0, 0.1) is 0 Å². The van der Waals surface area contributed by atoms with Crippen LogP contribution in [0.2, 0.25) is 5.02 Å². The van der Waals surface area contributed by atoms with Crippen LogP contribution >= 0.6 is 56.8 Å². The largest absolute Gasteiger partial charge is 0.494 e. The van der Waals surface area contributed by atoms with Gasteiger partial charge in [-0.25, -0.2) is 0 Å². The minimum Gasteiger partial charge on any atom is -0.494 e. The lowest BCUT2D eigenvalue weighted by molar-refractivity contribution is -0.284. The van der Waals surface area contributed by atoms with Crippen molar-refractivity contribution in [2.24, 2.45) is 0 Å². The molecule has 8 heteroatoms. The molecule has 0 spiro atoms. The third-order valence-electron chi connectivity index (χ3n) is 7.69. The number of alkyl halides is 2. The maximum atomic E-state index is 7.16. The maximum Gasteiger partial charge on any atom is 0.119 e. The van der Waals surface area contributed by atoms with E-state index in [1.807, 2.05) is 25.1 Å². The highest BCUT2D eigenvalue weighted by molar-refractivity contribution is 14.1. The van der Waals surface area contributed by atoms with Gasteiger partial charge in [0.05, 0.1) is 6.61 Å². The second-order valence-electron chi connectivity index (χ2n) is 11.0. The van der Waals surface area contributed by atoms with Crippen molar-refractivity contribution in [3.8, 4) is 5.75 Å². The molecule has 1 saturated heterocycles. The summed E-state index contributed by atoms with van der Waals surface area (Å²) in [6.45, 7) is 11.2. The van der Waals surface area contributed by atoms with Crippen molar-refractivity contribution in [3.63, 3.8) is 0 Å². The molecule has 236 valence electrons. The lowest BCUT2D eigenvalue weighted by Gasteiger charge is -2.52. The molecule has 0 aliphatic carbocycles. The normalized spacial score (nSPS) is 21.9. The summed E-state index contributed by atoms with van der Waals surface area (Å²) in [7, 11) is 0. The summed E-state index contributed by atoms with van der Waals surface area (Å²) in [6.07, 6.45) is 5.88. The Bertz CT molecular complexity index is 1030. The summed E-state index contributed by atoms with van der Waals surface area (Å²) >= 11 is 11.7. The zero-order valence-corrected chi connectivity index (χ0v) is 30.8. The first-order chi connectivity index (χ1) is 20.5. The van der Waals surface area contributed by atoms with Gasteiger partial charge in [0.15, 0.2) is 0 Å². The fourth-order valence-electron chi connectivity index (χ4n) is 5.23. The van der Waals surface area contributed by atoms with E-state index in [1.54, 1.807) is 0 Å². The van der Waals surface area contributed by atoms with Crippen LogP contribution in [0.25, 0.3) is 0 Å². The van der Waals surface area contributed by atoms with Crippen LogP contribution in [0.4, 0.5) is 0 Å². The van der Waals surface area contributed by atoms with Gasteiger partial charge in [-0.2, -0.15) is 0 Å². The summed E-state index contributed by atoms with van der Waals surface area (Å²) in [4.78, 5) is 0. The van der Waals surface area contributed by atoms with Crippen LogP contribution in [0.5, 0.6) is 5.75 Å². The van der Waals surface area contributed by atoms with Crippen LogP contribution in [0.1, 0.15) is 89.0 Å². The van der Waals surface area contributed by atoms with Gasteiger partial charge in [0.25, 0.3) is 0 Å². The molecule has 1 heterocycles. The Hall–Kier alpha value is -0.170. The van der Waals surface area contributed by atoms with E-state index in [-0.39, 0.29) is 24.4 Å². The second-order valence-corrected chi connectivity index (χ2v) is 12.9. The van der Waals surface area contributed by atoms with Gasteiger partial charge in [-0.1, -0.05) is 121 Å². The Morgan fingerprint density at radius 2 is 1.38 bits per heavy atom. The van der Waals surface area contributed by atoms with Crippen molar-refractivity contribution in [2.45, 2.75) is 103 Å². The topological polar surface area (TPSA) is 46.2 Å². The zero-order chi connectivity index (χ0) is 30.4. The number of benzene rings is 2. The van der Waals surface area contributed by atoms with Crippen LogP contribution in [-0.2, 0) is 25.4 Å². The highest BCUT2D eigenvalue weighted by Crippen LogP contribution is 2.45. The van der Waals surface area contributed by atoms with Gasteiger partial charge >= 0.3 is 0 Å². The first kappa shape index (κ1) is 36.3. The average molecular weight is 827 g/mol. The Kier molecular flexibility index (Phi) is 16.7. The van der Waals surface area contributed by atoms with Crippen molar-refractivity contribution in [1.29, 1.82) is 0 Å².